The fourth-order valence-electron chi connectivity index (χ4n) is 2.53. The lowest BCUT2D eigenvalue weighted by Gasteiger charge is -2.19. The number of hydrogen-bond donors (Lipinski definition) is 2. The Labute approximate surface area is 131 Å². The summed E-state index contributed by atoms with van der Waals surface area (Å²) in [6, 6.07) is 4.71. The summed E-state index contributed by atoms with van der Waals surface area (Å²) in [6.07, 6.45) is 2.68. The van der Waals surface area contributed by atoms with E-state index in [2.05, 4.69) is 5.32 Å². The van der Waals surface area contributed by atoms with Gasteiger partial charge >= 0.3 is 0 Å². The Bertz CT molecular complexity index is 673. The molecule has 2 rings (SSSR count). The zero-order valence-corrected chi connectivity index (χ0v) is 14.0. The van der Waals surface area contributed by atoms with Crippen LogP contribution in [0.25, 0.3) is 0 Å². The van der Waals surface area contributed by atoms with Gasteiger partial charge in [0, 0.05) is 12.2 Å². The van der Waals surface area contributed by atoms with Crippen molar-refractivity contribution in [1.29, 1.82) is 0 Å². The number of anilines is 2. The molecule has 0 saturated carbocycles. The molecule has 2 atom stereocenters. The average Bonchev–Trinajstić information content (AvgIpc) is 2.88. The number of sulfonamides is 1. The van der Waals surface area contributed by atoms with E-state index < -0.39 is 16.1 Å². The summed E-state index contributed by atoms with van der Waals surface area (Å²) >= 11 is 0. The summed E-state index contributed by atoms with van der Waals surface area (Å²) in [4.78, 5) is 12.1. The van der Waals surface area contributed by atoms with Gasteiger partial charge < -0.3 is 11.1 Å². The van der Waals surface area contributed by atoms with Crippen LogP contribution >= 0.6 is 0 Å². The van der Waals surface area contributed by atoms with Crippen molar-refractivity contribution in [2.45, 2.75) is 32.7 Å². The molecule has 1 aliphatic heterocycles. The lowest BCUT2D eigenvalue weighted by atomic mass is 9.99. The van der Waals surface area contributed by atoms with E-state index >= 15 is 0 Å². The van der Waals surface area contributed by atoms with Gasteiger partial charge in [-0.05, 0) is 36.1 Å². The van der Waals surface area contributed by atoms with Gasteiger partial charge in [-0.2, -0.15) is 0 Å². The SMILES string of the molecule is CCC(C)[C@H](N)C(=O)Nc1ccc2c(c1)CCN2S(C)(=O)=O. The Morgan fingerprint density at radius 3 is 2.73 bits per heavy atom. The van der Waals surface area contributed by atoms with Crippen LogP contribution in [-0.4, -0.2) is 33.2 Å². The summed E-state index contributed by atoms with van der Waals surface area (Å²) < 4.78 is 24.8. The topological polar surface area (TPSA) is 92.5 Å². The van der Waals surface area contributed by atoms with Crippen molar-refractivity contribution in [2.75, 3.05) is 22.4 Å². The van der Waals surface area contributed by atoms with E-state index in [1.54, 1.807) is 12.1 Å². The third-order valence-corrected chi connectivity index (χ3v) is 5.34. The van der Waals surface area contributed by atoms with Crippen molar-refractivity contribution in [2.24, 2.45) is 11.7 Å². The number of hydrogen-bond acceptors (Lipinski definition) is 4. The van der Waals surface area contributed by atoms with Crippen LogP contribution < -0.4 is 15.4 Å². The molecule has 0 radical (unpaired) electrons. The van der Waals surface area contributed by atoms with Crippen LogP contribution in [0.1, 0.15) is 25.8 Å². The minimum absolute atomic E-state index is 0.107. The standard InChI is InChI=1S/C15H23N3O3S/c1-4-10(2)14(16)15(19)17-12-5-6-13-11(9-12)7-8-18(13)22(3,20)21/h5-6,9-10,14H,4,7-8,16H2,1-3H3,(H,17,19)/t10?,14-/m0/s1. The highest BCUT2D eigenvalue weighted by Crippen LogP contribution is 2.32. The Morgan fingerprint density at radius 1 is 1.45 bits per heavy atom. The van der Waals surface area contributed by atoms with Crippen molar-refractivity contribution in [3.63, 3.8) is 0 Å². The first kappa shape index (κ1) is 16.8. The summed E-state index contributed by atoms with van der Waals surface area (Å²) in [5.41, 5.74) is 8.17. The lowest BCUT2D eigenvalue weighted by Crippen LogP contribution is -2.40. The van der Waals surface area contributed by atoms with Gasteiger partial charge in [0.2, 0.25) is 15.9 Å². The second-order valence-corrected chi connectivity index (χ2v) is 7.74. The molecule has 22 heavy (non-hydrogen) atoms. The first-order valence-corrected chi connectivity index (χ1v) is 9.26. The fraction of sp³-hybridized carbons (Fsp3) is 0.533. The number of amides is 1. The van der Waals surface area contributed by atoms with Crippen molar-refractivity contribution in [1.82, 2.24) is 0 Å². The molecule has 122 valence electrons. The molecule has 1 heterocycles. The third-order valence-electron chi connectivity index (χ3n) is 4.16. The van der Waals surface area contributed by atoms with E-state index in [-0.39, 0.29) is 11.8 Å². The molecular formula is C15H23N3O3S. The van der Waals surface area contributed by atoms with Gasteiger partial charge in [0.1, 0.15) is 0 Å². The summed E-state index contributed by atoms with van der Waals surface area (Å²) in [6.45, 7) is 4.38. The minimum Gasteiger partial charge on any atom is -0.325 e. The highest BCUT2D eigenvalue weighted by Gasteiger charge is 2.26. The number of carbonyl (C=O) groups is 1. The summed E-state index contributed by atoms with van der Waals surface area (Å²) in [5.74, 6) is -0.109. The molecule has 0 saturated heterocycles. The van der Waals surface area contributed by atoms with Gasteiger partial charge in [0.15, 0.2) is 0 Å². The van der Waals surface area contributed by atoms with E-state index in [0.717, 1.165) is 12.0 Å². The maximum atomic E-state index is 12.1. The van der Waals surface area contributed by atoms with Gasteiger partial charge in [-0.15, -0.1) is 0 Å². The molecule has 1 amide bonds. The molecule has 0 aromatic heterocycles. The second kappa shape index (κ2) is 6.26. The summed E-state index contributed by atoms with van der Waals surface area (Å²) in [5, 5.41) is 2.81. The molecule has 3 N–H and O–H groups in total. The number of nitrogens with two attached hydrogens (primary N) is 1. The van der Waals surface area contributed by atoms with Crippen molar-refractivity contribution in [3.05, 3.63) is 23.8 Å². The lowest BCUT2D eigenvalue weighted by molar-refractivity contribution is -0.118. The number of fused-ring (bicyclic) bond motifs is 1. The number of nitrogens with one attached hydrogen (secondary N) is 1. The van der Waals surface area contributed by atoms with E-state index in [0.29, 0.717) is 24.3 Å². The van der Waals surface area contributed by atoms with Crippen LogP contribution in [0, 0.1) is 5.92 Å². The highest BCUT2D eigenvalue weighted by molar-refractivity contribution is 7.92. The summed E-state index contributed by atoms with van der Waals surface area (Å²) in [7, 11) is -3.25. The molecule has 1 unspecified atom stereocenters. The van der Waals surface area contributed by atoms with E-state index in [4.69, 9.17) is 5.73 Å². The Kier molecular flexibility index (Phi) is 4.77. The van der Waals surface area contributed by atoms with Gasteiger partial charge in [-0.25, -0.2) is 8.42 Å². The van der Waals surface area contributed by atoms with E-state index in [9.17, 15) is 13.2 Å². The Hall–Kier alpha value is -1.60. The Balaban J connectivity index is 2.15. The smallest absolute Gasteiger partial charge is 0.241 e. The third kappa shape index (κ3) is 3.41. The molecule has 0 aliphatic carbocycles. The quantitative estimate of drug-likeness (QED) is 0.854. The van der Waals surface area contributed by atoms with Crippen LogP contribution in [0.15, 0.2) is 18.2 Å². The molecule has 1 aromatic rings. The molecule has 6 nitrogen and oxygen atoms in total. The number of carbonyl (C=O) groups excluding carboxylic acids is 1. The van der Waals surface area contributed by atoms with E-state index in [1.807, 2.05) is 19.9 Å². The zero-order chi connectivity index (χ0) is 16.5. The maximum absolute atomic E-state index is 12.1. The van der Waals surface area contributed by atoms with Crippen LogP contribution in [-0.2, 0) is 21.2 Å². The predicted octanol–water partition coefficient (Wildman–Crippen LogP) is 1.32. The highest BCUT2D eigenvalue weighted by atomic mass is 32.2. The van der Waals surface area contributed by atoms with Crippen LogP contribution in [0.4, 0.5) is 11.4 Å². The second-order valence-electron chi connectivity index (χ2n) is 5.83. The van der Waals surface area contributed by atoms with E-state index in [1.165, 1.54) is 10.6 Å². The first-order valence-electron chi connectivity index (χ1n) is 7.41. The number of nitrogens with zero attached hydrogens (tertiary/aromatic N) is 1. The molecule has 7 heteroatoms. The zero-order valence-electron chi connectivity index (χ0n) is 13.2. The fourth-order valence-corrected chi connectivity index (χ4v) is 3.49. The van der Waals surface area contributed by atoms with Crippen molar-refractivity contribution < 1.29 is 13.2 Å². The largest absolute Gasteiger partial charge is 0.325 e. The average molecular weight is 325 g/mol. The molecule has 1 aromatic carbocycles. The Morgan fingerprint density at radius 2 is 2.14 bits per heavy atom. The van der Waals surface area contributed by atoms with Gasteiger partial charge in [0.25, 0.3) is 0 Å². The van der Waals surface area contributed by atoms with Crippen LogP contribution in [0.2, 0.25) is 0 Å². The minimum atomic E-state index is -3.25. The van der Waals surface area contributed by atoms with Gasteiger partial charge in [0.05, 0.1) is 18.0 Å². The number of benzene rings is 1. The van der Waals surface area contributed by atoms with Crippen LogP contribution in [0.5, 0.6) is 0 Å². The molecule has 0 bridgehead atoms. The van der Waals surface area contributed by atoms with Gasteiger partial charge in [-0.3, -0.25) is 9.10 Å². The van der Waals surface area contributed by atoms with Crippen molar-refractivity contribution in [3.8, 4) is 0 Å². The number of rotatable bonds is 5. The van der Waals surface area contributed by atoms with Crippen LogP contribution in [0.3, 0.4) is 0 Å². The molecular weight excluding hydrogens is 302 g/mol. The van der Waals surface area contributed by atoms with Gasteiger partial charge in [-0.1, -0.05) is 20.3 Å². The first-order chi connectivity index (χ1) is 10.2. The maximum Gasteiger partial charge on any atom is 0.241 e. The normalized spacial score (nSPS) is 17.0. The molecule has 0 fully saturated rings. The van der Waals surface area contributed by atoms with Crippen molar-refractivity contribution >= 4 is 27.3 Å². The molecule has 1 aliphatic rings. The predicted molar refractivity (Wildman–Crippen MR) is 88.4 cm³/mol. The monoisotopic (exact) mass is 325 g/mol. The molecule has 0 spiro atoms.